The Hall–Kier alpha value is -1.54. The molecule has 24 heavy (non-hydrogen) atoms. The van der Waals surface area contributed by atoms with Gasteiger partial charge in [-0.05, 0) is 68.6 Å². The molecule has 0 aromatic carbocycles. The fourth-order valence-corrected chi connectivity index (χ4v) is 5.62. The number of nitriles is 1. The van der Waals surface area contributed by atoms with Crippen molar-refractivity contribution in [3.63, 3.8) is 0 Å². The van der Waals surface area contributed by atoms with Gasteiger partial charge in [0.15, 0.2) is 0 Å². The first-order valence-corrected chi connectivity index (χ1v) is 9.20. The van der Waals surface area contributed by atoms with Gasteiger partial charge in [-0.1, -0.05) is 0 Å². The third kappa shape index (κ3) is 3.44. The summed E-state index contributed by atoms with van der Waals surface area (Å²) in [5, 5.41) is 15.3. The van der Waals surface area contributed by atoms with E-state index >= 15 is 0 Å². The summed E-state index contributed by atoms with van der Waals surface area (Å²) < 4.78 is 4.94. The number of nitrogens with zero attached hydrogens (tertiary/aromatic N) is 1. The van der Waals surface area contributed by atoms with Gasteiger partial charge in [-0.2, -0.15) is 5.26 Å². The van der Waals surface area contributed by atoms with Gasteiger partial charge in [-0.15, -0.1) is 0 Å². The SMILES string of the molecule is COCCN/C=C(/C#N)C(=O)NC(C)C12CC3CC(CC(C3)C1)C2. The van der Waals surface area contributed by atoms with Gasteiger partial charge < -0.3 is 15.4 Å². The van der Waals surface area contributed by atoms with E-state index in [1.807, 2.05) is 6.07 Å². The standard InChI is InChI=1S/C19H29N3O2/c1-13(22-18(23)17(11-20)12-21-3-4-24-2)19-8-14-5-15(9-19)7-16(6-14)10-19/h12-16,21H,3-10H2,1-2H3,(H,22,23)/b17-12-. The van der Waals surface area contributed by atoms with Crippen LogP contribution >= 0.6 is 0 Å². The van der Waals surface area contributed by atoms with Gasteiger partial charge in [0.25, 0.3) is 5.91 Å². The number of hydrogen-bond acceptors (Lipinski definition) is 4. The number of amides is 1. The van der Waals surface area contributed by atoms with Crippen LogP contribution < -0.4 is 10.6 Å². The van der Waals surface area contributed by atoms with Crippen LogP contribution in [-0.2, 0) is 9.53 Å². The molecular weight excluding hydrogens is 302 g/mol. The fraction of sp³-hybridized carbons (Fsp3) is 0.789. The highest BCUT2D eigenvalue weighted by molar-refractivity contribution is 5.97. The van der Waals surface area contributed by atoms with Gasteiger partial charge in [0.05, 0.1) is 6.61 Å². The third-order valence-corrected chi connectivity index (χ3v) is 6.41. The second kappa shape index (κ2) is 7.14. The molecule has 1 amide bonds. The van der Waals surface area contributed by atoms with E-state index in [0.29, 0.717) is 13.2 Å². The lowest BCUT2D eigenvalue weighted by molar-refractivity contribution is -0.122. The minimum Gasteiger partial charge on any atom is -0.387 e. The predicted octanol–water partition coefficient (Wildman–Crippen LogP) is 2.35. The summed E-state index contributed by atoms with van der Waals surface area (Å²) in [7, 11) is 1.62. The number of rotatable bonds is 7. The zero-order valence-corrected chi connectivity index (χ0v) is 14.8. The van der Waals surface area contributed by atoms with Gasteiger partial charge in [0, 0.05) is 25.9 Å². The molecule has 0 heterocycles. The molecule has 132 valence electrons. The second-order valence-corrected chi connectivity index (χ2v) is 8.09. The van der Waals surface area contributed by atoms with Crippen molar-refractivity contribution in [1.82, 2.24) is 10.6 Å². The zero-order valence-electron chi connectivity index (χ0n) is 14.8. The molecule has 0 aromatic heterocycles. The van der Waals surface area contributed by atoms with Crippen LogP contribution in [0.4, 0.5) is 0 Å². The lowest BCUT2D eigenvalue weighted by atomic mass is 9.48. The molecule has 1 unspecified atom stereocenters. The van der Waals surface area contributed by atoms with E-state index in [1.54, 1.807) is 7.11 Å². The number of carbonyl (C=O) groups excluding carboxylic acids is 1. The van der Waals surface area contributed by atoms with E-state index in [9.17, 15) is 10.1 Å². The van der Waals surface area contributed by atoms with Crippen molar-refractivity contribution in [2.45, 2.75) is 51.5 Å². The number of carbonyl (C=O) groups is 1. The van der Waals surface area contributed by atoms with Crippen molar-refractivity contribution in [2.75, 3.05) is 20.3 Å². The largest absolute Gasteiger partial charge is 0.387 e. The normalized spacial score (nSPS) is 35.4. The molecule has 4 rings (SSSR count). The van der Waals surface area contributed by atoms with Crippen LogP contribution in [0.3, 0.4) is 0 Å². The number of methoxy groups -OCH3 is 1. The molecule has 0 aliphatic heterocycles. The van der Waals surface area contributed by atoms with Crippen molar-refractivity contribution in [3.8, 4) is 6.07 Å². The maximum Gasteiger partial charge on any atom is 0.263 e. The summed E-state index contributed by atoms with van der Waals surface area (Å²) in [5.41, 5.74) is 0.400. The molecule has 4 saturated carbocycles. The van der Waals surface area contributed by atoms with Crippen molar-refractivity contribution < 1.29 is 9.53 Å². The molecule has 4 aliphatic carbocycles. The molecule has 4 fully saturated rings. The summed E-state index contributed by atoms with van der Waals surface area (Å²) in [5.74, 6) is 2.32. The van der Waals surface area contributed by atoms with E-state index in [4.69, 9.17) is 4.74 Å². The van der Waals surface area contributed by atoms with Crippen LogP contribution in [0.15, 0.2) is 11.8 Å². The Balaban J connectivity index is 1.60. The summed E-state index contributed by atoms with van der Waals surface area (Å²) in [4.78, 5) is 12.5. The molecule has 0 radical (unpaired) electrons. The van der Waals surface area contributed by atoms with E-state index < -0.39 is 0 Å². The van der Waals surface area contributed by atoms with Crippen LogP contribution in [-0.4, -0.2) is 32.2 Å². The molecule has 0 saturated heterocycles. The maximum absolute atomic E-state index is 12.5. The number of ether oxygens (including phenoxy) is 1. The Labute approximate surface area is 144 Å². The molecule has 0 aromatic rings. The van der Waals surface area contributed by atoms with Gasteiger partial charge in [0.1, 0.15) is 11.6 Å². The van der Waals surface area contributed by atoms with E-state index in [1.165, 1.54) is 44.7 Å². The molecular formula is C19H29N3O2. The number of hydrogen-bond donors (Lipinski definition) is 2. The first kappa shape index (κ1) is 17.3. The molecule has 4 bridgehead atoms. The predicted molar refractivity (Wildman–Crippen MR) is 91.8 cm³/mol. The van der Waals surface area contributed by atoms with Gasteiger partial charge >= 0.3 is 0 Å². The molecule has 2 N–H and O–H groups in total. The lowest BCUT2D eigenvalue weighted by Crippen LogP contribution is -2.56. The van der Waals surface area contributed by atoms with Crippen molar-refractivity contribution in [1.29, 1.82) is 5.26 Å². The zero-order chi connectivity index (χ0) is 17.2. The summed E-state index contributed by atoms with van der Waals surface area (Å²) >= 11 is 0. The first-order valence-electron chi connectivity index (χ1n) is 9.20. The maximum atomic E-state index is 12.5. The lowest BCUT2D eigenvalue weighted by Gasteiger charge is -2.59. The highest BCUT2D eigenvalue weighted by atomic mass is 16.5. The van der Waals surface area contributed by atoms with E-state index in [2.05, 4.69) is 17.6 Å². The molecule has 0 spiro atoms. The van der Waals surface area contributed by atoms with Crippen molar-refractivity contribution in [3.05, 3.63) is 11.8 Å². The number of nitrogens with one attached hydrogen (secondary N) is 2. The van der Waals surface area contributed by atoms with Crippen LogP contribution in [0.25, 0.3) is 0 Å². The summed E-state index contributed by atoms with van der Waals surface area (Å²) in [6.45, 7) is 3.26. The van der Waals surface area contributed by atoms with Gasteiger partial charge in [-0.3, -0.25) is 4.79 Å². The Kier molecular flexibility index (Phi) is 5.15. The quantitative estimate of drug-likeness (QED) is 0.427. The minimum atomic E-state index is -0.259. The second-order valence-electron chi connectivity index (χ2n) is 8.09. The van der Waals surface area contributed by atoms with Crippen molar-refractivity contribution in [2.24, 2.45) is 23.2 Å². The Morgan fingerprint density at radius 3 is 2.38 bits per heavy atom. The van der Waals surface area contributed by atoms with Crippen LogP contribution in [0.1, 0.15) is 45.4 Å². The molecule has 4 aliphatic rings. The van der Waals surface area contributed by atoms with E-state index in [-0.39, 0.29) is 22.9 Å². The summed E-state index contributed by atoms with van der Waals surface area (Å²) in [6, 6.07) is 2.14. The van der Waals surface area contributed by atoms with Crippen LogP contribution in [0.5, 0.6) is 0 Å². The molecule has 5 heteroatoms. The van der Waals surface area contributed by atoms with Gasteiger partial charge in [0.2, 0.25) is 0 Å². The van der Waals surface area contributed by atoms with Crippen LogP contribution in [0.2, 0.25) is 0 Å². The van der Waals surface area contributed by atoms with Crippen LogP contribution in [0, 0.1) is 34.5 Å². The average Bonchev–Trinajstić information content (AvgIpc) is 2.53. The Morgan fingerprint density at radius 2 is 1.88 bits per heavy atom. The Bertz CT molecular complexity index is 514. The molecule has 5 nitrogen and oxygen atoms in total. The van der Waals surface area contributed by atoms with Crippen molar-refractivity contribution >= 4 is 5.91 Å². The first-order chi connectivity index (χ1) is 11.6. The highest BCUT2D eigenvalue weighted by Gasteiger charge is 2.53. The Morgan fingerprint density at radius 1 is 1.29 bits per heavy atom. The summed E-state index contributed by atoms with van der Waals surface area (Å²) in [6.07, 6.45) is 9.43. The molecule has 1 atom stereocenters. The monoisotopic (exact) mass is 331 g/mol. The third-order valence-electron chi connectivity index (χ3n) is 6.41. The topological polar surface area (TPSA) is 74.1 Å². The smallest absolute Gasteiger partial charge is 0.263 e. The van der Waals surface area contributed by atoms with E-state index in [0.717, 1.165) is 17.8 Å². The average molecular weight is 331 g/mol. The van der Waals surface area contributed by atoms with Gasteiger partial charge in [-0.25, -0.2) is 0 Å². The minimum absolute atomic E-state index is 0.133. The highest BCUT2D eigenvalue weighted by Crippen LogP contribution is 2.61. The fourth-order valence-electron chi connectivity index (χ4n) is 5.62.